The summed E-state index contributed by atoms with van der Waals surface area (Å²) in [7, 11) is 0. The van der Waals surface area contributed by atoms with Crippen LogP contribution in [0.3, 0.4) is 0 Å². The first-order valence-electron chi connectivity index (χ1n) is 7.45. The normalized spacial score (nSPS) is 17.3. The molecule has 1 atom stereocenters. The van der Waals surface area contributed by atoms with Crippen LogP contribution < -0.4 is 5.32 Å². The first-order chi connectivity index (χ1) is 10.1. The lowest BCUT2D eigenvalue weighted by Gasteiger charge is -2.25. The van der Waals surface area contributed by atoms with Crippen LogP contribution in [-0.2, 0) is 11.2 Å². The second kappa shape index (κ2) is 5.72. The molecule has 4 nitrogen and oxygen atoms in total. The number of fused-ring (bicyclic) bond motifs is 1. The first-order valence-corrected chi connectivity index (χ1v) is 7.45. The molecule has 0 saturated carbocycles. The van der Waals surface area contributed by atoms with Crippen molar-refractivity contribution in [1.82, 2.24) is 5.16 Å². The fourth-order valence-electron chi connectivity index (χ4n) is 3.14. The van der Waals surface area contributed by atoms with Crippen LogP contribution in [-0.4, -0.2) is 11.1 Å². The molecule has 1 aliphatic carbocycles. The maximum Gasteiger partial charge on any atom is 0.225 e. The number of nitrogens with one attached hydrogen (secondary N) is 1. The van der Waals surface area contributed by atoms with E-state index < -0.39 is 0 Å². The maximum atomic E-state index is 12.3. The molecule has 1 N–H and O–H groups in total. The van der Waals surface area contributed by atoms with Crippen LogP contribution in [0.15, 0.2) is 28.8 Å². The van der Waals surface area contributed by atoms with Crippen molar-refractivity contribution < 1.29 is 9.32 Å². The number of hydrogen-bond acceptors (Lipinski definition) is 3. The van der Waals surface area contributed by atoms with E-state index in [0.29, 0.717) is 23.8 Å². The minimum Gasteiger partial charge on any atom is -0.359 e. The van der Waals surface area contributed by atoms with Crippen LogP contribution in [0.4, 0.5) is 5.69 Å². The third kappa shape index (κ3) is 2.84. The van der Waals surface area contributed by atoms with Gasteiger partial charge in [0.05, 0.1) is 0 Å². The van der Waals surface area contributed by atoms with Crippen molar-refractivity contribution in [3.63, 3.8) is 0 Å². The highest BCUT2D eigenvalue weighted by Crippen LogP contribution is 2.34. The Bertz CT molecular complexity index is 641. The lowest BCUT2D eigenvalue weighted by Crippen LogP contribution is -2.19. The van der Waals surface area contributed by atoms with Crippen molar-refractivity contribution in [2.45, 2.75) is 45.4 Å². The van der Waals surface area contributed by atoms with E-state index in [1.807, 2.05) is 13.8 Å². The molecule has 1 aromatic carbocycles. The minimum absolute atomic E-state index is 0.0334. The largest absolute Gasteiger partial charge is 0.359 e. The van der Waals surface area contributed by atoms with E-state index in [4.69, 9.17) is 4.52 Å². The van der Waals surface area contributed by atoms with Crippen LogP contribution in [0.2, 0.25) is 0 Å². The number of aryl methyl sites for hydroxylation is 3. The molecule has 0 radical (unpaired) electrons. The maximum absolute atomic E-state index is 12.3. The molecule has 1 aliphatic rings. The van der Waals surface area contributed by atoms with Crippen LogP contribution in [0.5, 0.6) is 0 Å². The molecule has 1 heterocycles. The van der Waals surface area contributed by atoms with Crippen LogP contribution in [0.1, 0.15) is 47.8 Å². The molecular weight excluding hydrogens is 264 g/mol. The number of carbonyl (C=O) groups excluding carboxylic acids is 1. The Morgan fingerprint density at radius 1 is 1.38 bits per heavy atom. The molecule has 0 bridgehead atoms. The molecule has 1 aromatic heterocycles. The first kappa shape index (κ1) is 13.9. The Kier molecular flexibility index (Phi) is 3.78. The van der Waals surface area contributed by atoms with Gasteiger partial charge < -0.3 is 9.84 Å². The topological polar surface area (TPSA) is 55.1 Å². The quantitative estimate of drug-likeness (QED) is 0.934. The second-order valence-electron chi connectivity index (χ2n) is 5.74. The van der Waals surface area contributed by atoms with E-state index in [1.165, 1.54) is 11.1 Å². The third-order valence-corrected chi connectivity index (χ3v) is 4.22. The monoisotopic (exact) mass is 284 g/mol. The zero-order valence-corrected chi connectivity index (χ0v) is 12.5. The summed E-state index contributed by atoms with van der Waals surface area (Å²) in [5.74, 6) is 1.01. The van der Waals surface area contributed by atoms with Crippen molar-refractivity contribution >= 4 is 11.6 Å². The van der Waals surface area contributed by atoms with Gasteiger partial charge in [-0.2, -0.15) is 0 Å². The lowest BCUT2D eigenvalue weighted by molar-refractivity contribution is -0.116. The van der Waals surface area contributed by atoms with E-state index in [2.05, 4.69) is 34.7 Å². The average Bonchev–Trinajstić information content (AvgIpc) is 2.79. The molecule has 110 valence electrons. The number of rotatable bonds is 3. The molecular formula is C17H20N2O2. The SMILES string of the molecule is Cc1noc(C)c1NC(=O)C[C@H]1CCCc2ccccc21. The Morgan fingerprint density at radius 2 is 2.19 bits per heavy atom. The smallest absolute Gasteiger partial charge is 0.225 e. The number of aromatic nitrogens is 1. The van der Waals surface area contributed by atoms with Crippen molar-refractivity contribution in [2.75, 3.05) is 5.32 Å². The second-order valence-corrected chi connectivity index (χ2v) is 5.74. The molecule has 0 saturated heterocycles. The third-order valence-electron chi connectivity index (χ3n) is 4.22. The average molecular weight is 284 g/mol. The van der Waals surface area contributed by atoms with Crippen LogP contribution >= 0.6 is 0 Å². The molecule has 2 aromatic rings. The minimum atomic E-state index is 0.0334. The molecule has 1 amide bonds. The van der Waals surface area contributed by atoms with E-state index in [-0.39, 0.29) is 5.91 Å². The zero-order valence-electron chi connectivity index (χ0n) is 12.5. The van der Waals surface area contributed by atoms with Gasteiger partial charge in [-0.15, -0.1) is 0 Å². The molecule has 0 unspecified atom stereocenters. The van der Waals surface area contributed by atoms with Gasteiger partial charge >= 0.3 is 0 Å². The highest BCUT2D eigenvalue weighted by molar-refractivity contribution is 5.92. The van der Waals surface area contributed by atoms with Gasteiger partial charge in [0.1, 0.15) is 11.4 Å². The standard InChI is InChI=1S/C17H20N2O2/c1-11-17(12(2)21-19-11)18-16(20)10-14-8-5-7-13-6-3-4-9-15(13)14/h3-4,6,9,14H,5,7-8,10H2,1-2H3,(H,18,20)/t14-/m1/s1. The Hall–Kier alpha value is -2.10. The van der Waals surface area contributed by atoms with E-state index >= 15 is 0 Å². The summed E-state index contributed by atoms with van der Waals surface area (Å²) in [6, 6.07) is 8.46. The molecule has 3 rings (SSSR count). The van der Waals surface area contributed by atoms with Crippen molar-refractivity contribution in [1.29, 1.82) is 0 Å². The summed E-state index contributed by atoms with van der Waals surface area (Å²) >= 11 is 0. The number of benzene rings is 1. The highest BCUT2D eigenvalue weighted by Gasteiger charge is 2.23. The van der Waals surface area contributed by atoms with Gasteiger partial charge in [-0.3, -0.25) is 4.79 Å². The van der Waals surface area contributed by atoms with E-state index in [9.17, 15) is 4.79 Å². The van der Waals surface area contributed by atoms with Gasteiger partial charge in [0.15, 0.2) is 5.76 Å². The zero-order chi connectivity index (χ0) is 14.8. The number of amides is 1. The summed E-state index contributed by atoms with van der Waals surface area (Å²) < 4.78 is 5.08. The number of nitrogens with zero attached hydrogens (tertiary/aromatic N) is 1. The summed E-state index contributed by atoms with van der Waals surface area (Å²) in [5.41, 5.74) is 4.16. The predicted molar refractivity (Wildman–Crippen MR) is 81.3 cm³/mol. The van der Waals surface area contributed by atoms with Crippen molar-refractivity contribution in [3.05, 3.63) is 46.8 Å². The fourth-order valence-corrected chi connectivity index (χ4v) is 3.14. The lowest BCUT2D eigenvalue weighted by atomic mass is 9.81. The molecule has 0 fully saturated rings. The predicted octanol–water partition coefficient (Wildman–Crippen LogP) is 3.74. The van der Waals surface area contributed by atoms with Gasteiger partial charge in [-0.05, 0) is 50.2 Å². The van der Waals surface area contributed by atoms with Gasteiger partial charge in [0.2, 0.25) is 5.91 Å². The van der Waals surface area contributed by atoms with Gasteiger partial charge in [0, 0.05) is 6.42 Å². The van der Waals surface area contributed by atoms with Gasteiger partial charge in [-0.25, -0.2) is 0 Å². The summed E-state index contributed by atoms with van der Waals surface area (Å²) in [4.78, 5) is 12.3. The number of anilines is 1. The van der Waals surface area contributed by atoms with Crippen molar-refractivity contribution in [2.24, 2.45) is 0 Å². The van der Waals surface area contributed by atoms with Crippen LogP contribution in [0, 0.1) is 13.8 Å². The molecule has 21 heavy (non-hydrogen) atoms. The van der Waals surface area contributed by atoms with E-state index in [0.717, 1.165) is 25.0 Å². The van der Waals surface area contributed by atoms with Crippen LogP contribution in [0.25, 0.3) is 0 Å². The molecule has 4 heteroatoms. The van der Waals surface area contributed by atoms with E-state index in [1.54, 1.807) is 0 Å². The molecule has 0 aliphatic heterocycles. The highest BCUT2D eigenvalue weighted by atomic mass is 16.5. The number of carbonyl (C=O) groups is 1. The summed E-state index contributed by atoms with van der Waals surface area (Å²) in [6.07, 6.45) is 3.87. The Morgan fingerprint density at radius 3 is 2.95 bits per heavy atom. The Balaban J connectivity index is 1.72. The number of hydrogen-bond donors (Lipinski definition) is 1. The molecule has 0 spiro atoms. The van der Waals surface area contributed by atoms with Gasteiger partial charge in [0.25, 0.3) is 0 Å². The van der Waals surface area contributed by atoms with Crippen molar-refractivity contribution in [3.8, 4) is 0 Å². The van der Waals surface area contributed by atoms with Gasteiger partial charge in [-0.1, -0.05) is 29.4 Å². The fraction of sp³-hybridized carbons (Fsp3) is 0.412. The summed E-state index contributed by atoms with van der Waals surface area (Å²) in [5, 5.41) is 6.80. The summed E-state index contributed by atoms with van der Waals surface area (Å²) in [6.45, 7) is 3.65. The Labute approximate surface area is 124 Å².